The summed E-state index contributed by atoms with van der Waals surface area (Å²) in [6.45, 7) is 9.49. The number of hydrogen-bond donors (Lipinski definition) is 0. The van der Waals surface area contributed by atoms with E-state index in [1.54, 1.807) is 0 Å². The lowest BCUT2D eigenvalue weighted by molar-refractivity contribution is -0.154. The number of Topliss-reactive ketones (excluding diaryl/α,β-unsaturated/α-hetero) is 1. The van der Waals surface area contributed by atoms with Crippen LogP contribution in [0.3, 0.4) is 0 Å². The second-order valence-electron chi connectivity index (χ2n) is 9.28. The van der Waals surface area contributed by atoms with Crippen molar-refractivity contribution in [1.82, 2.24) is 0 Å². The quantitative estimate of drug-likeness (QED) is 0.120. The zero-order chi connectivity index (χ0) is 26.8. The van der Waals surface area contributed by atoms with Gasteiger partial charge in [0.1, 0.15) is 5.60 Å². The van der Waals surface area contributed by atoms with Gasteiger partial charge in [-0.3, -0.25) is 14.4 Å². The van der Waals surface area contributed by atoms with E-state index < -0.39 is 5.60 Å². The van der Waals surface area contributed by atoms with Crippen molar-refractivity contribution in [2.75, 3.05) is 0 Å². The minimum Gasteiger partial charge on any atom is -0.460 e. The third-order valence-electron chi connectivity index (χ3n) is 5.04. The summed E-state index contributed by atoms with van der Waals surface area (Å²) in [6, 6.07) is 11.9. The number of carbonyl (C=O) groups is 3. The molecule has 2 heterocycles. The summed E-state index contributed by atoms with van der Waals surface area (Å²) in [6.07, 6.45) is 0.301. The van der Waals surface area contributed by atoms with E-state index in [0.717, 1.165) is 40.2 Å². The van der Waals surface area contributed by atoms with Gasteiger partial charge in [-0.15, -0.1) is 22.7 Å². The fourth-order valence-electron chi connectivity index (χ4n) is 3.32. The van der Waals surface area contributed by atoms with Crippen LogP contribution in [-0.4, -0.2) is 22.6 Å². The van der Waals surface area contributed by atoms with E-state index in [9.17, 15) is 14.4 Å². The fraction of sp³-hybridized carbons (Fsp3) is 0.296. The molecule has 0 aliphatic carbocycles. The lowest BCUT2D eigenvalue weighted by Crippen LogP contribution is -2.24. The molecule has 0 spiro atoms. The summed E-state index contributed by atoms with van der Waals surface area (Å²) in [5.41, 5.74) is 1.78. The molecule has 0 unspecified atom stereocenters. The van der Waals surface area contributed by atoms with Crippen LogP contribution in [0.5, 0.6) is 0 Å². The minimum atomic E-state index is -0.512. The second kappa shape index (κ2) is 11.9. The van der Waals surface area contributed by atoms with Gasteiger partial charge in [-0.1, -0.05) is 31.9 Å². The van der Waals surface area contributed by atoms with Crippen LogP contribution in [-0.2, 0) is 9.53 Å². The second-order valence-corrected chi connectivity index (χ2v) is 13.5. The first-order valence-corrected chi connectivity index (χ1v) is 14.7. The smallest absolute Gasteiger partial charge is 0.306 e. The molecule has 0 aliphatic heterocycles. The standard InChI is InChI=1S/C17H19BrO3S.C10H6BrClOS/c1-10-7-11-8-15(22-14(11)9-12(10)18)13(19)5-6-16(20)21-17(2,3)4;1-5-2-6-3-9(10(12)13)14-8(6)4-7(5)11/h7-9H,5-6H2,1-4H3;2-4H,1H3. The molecule has 4 aromatic rings. The van der Waals surface area contributed by atoms with Crippen LogP contribution in [0.1, 0.15) is 64.1 Å². The molecule has 0 atom stereocenters. The summed E-state index contributed by atoms with van der Waals surface area (Å²) in [5, 5.41) is 1.74. The molecular weight excluding hydrogens is 648 g/mol. The third-order valence-corrected chi connectivity index (χ3v) is 9.30. The molecule has 36 heavy (non-hydrogen) atoms. The third kappa shape index (κ3) is 7.71. The number of benzene rings is 2. The maximum absolute atomic E-state index is 12.2. The maximum atomic E-state index is 12.2. The number of fused-ring (bicyclic) bond motifs is 2. The van der Waals surface area contributed by atoms with Gasteiger partial charge in [0.15, 0.2) is 5.78 Å². The first-order chi connectivity index (χ1) is 16.7. The first-order valence-electron chi connectivity index (χ1n) is 11.1. The number of ketones is 1. The van der Waals surface area contributed by atoms with Gasteiger partial charge < -0.3 is 4.74 Å². The molecule has 0 aliphatic rings. The maximum Gasteiger partial charge on any atom is 0.306 e. The molecule has 4 nitrogen and oxygen atoms in total. The Kier molecular flexibility index (Phi) is 9.55. The Morgan fingerprint density at radius 3 is 1.75 bits per heavy atom. The van der Waals surface area contributed by atoms with Gasteiger partial charge in [-0.2, -0.15) is 0 Å². The topological polar surface area (TPSA) is 60.4 Å². The molecule has 190 valence electrons. The van der Waals surface area contributed by atoms with Crippen molar-refractivity contribution in [1.29, 1.82) is 0 Å². The average Bonchev–Trinajstić information content (AvgIpc) is 3.36. The Morgan fingerprint density at radius 2 is 1.28 bits per heavy atom. The number of rotatable bonds is 5. The van der Waals surface area contributed by atoms with Gasteiger partial charge in [0.25, 0.3) is 5.24 Å². The van der Waals surface area contributed by atoms with Crippen molar-refractivity contribution in [3.63, 3.8) is 0 Å². The number of aryl methyl sites for hydroxylation is 2. The zero-order valence-electron chi connectivity index (χ0n) is 20.5. The lowest BCUT2D eigenvalue weighted by atomic mass is 10.1. The molecule has 2 aromatic heterocycles. The highest BCUT2D eigenvalue weighted by molar-refractivity contribution is 9.10. The predicted molar refractivity (Wildman–Crippen MR) is 158 cm³/mol. The molecule has 0 amide bonds. The van der Waals surface area contributed by atoms with Crippen molar-refractivity contribution in [3.8, 4) is 0 Å². The van der Waals surface area contributed by atoms with Gasteiger partial charge in [0.2, 0.25) is 0 Å². The summed E-state index contributed by atoms with van der Waals surface area (Å²) in [7, 11) is 0. The van der Waals surface area contributed by atoms with Gasteiger partial charge in [-0.05, 0) is 105 Å². The number of esters is 1. The van der Waals surface area contributed by atoms with Crippen molar-refractivity contribution < 1.29 is 19.1 Å². The molecule has 4 rings (SSSR count). The zero-order valence-corrected chi connectivity index (χ0v) is 26.0. The largest absolute Gasteiger partial charge is 0.460 e. The van der Waals surface area contributed by atoms with Gasteiger partial charge >= 0.3 is 5.97 Å². The lowest BCUT2D eigenvalue weighted by Gasteiger charge is -2.19. The summed E-state index contributed by atoms with van der Waals surface area (Å²) >= 11 is 15.2. The fourth-order valence-corrected chi connectivity index (χ4v) is 6.44. The Hall–Kier alpha value is -1.58. The van der Waals surface area contributed by atoms with Crippen molar-refractivity contribution >= 4 is 103 Å². The van der Waals surface area contributed by atoms with E-state index in [2.05, 4.69) is 37.9 Å². The Balaban J connectivity index is 0.000000221. The van der Waals surface area contributed by atoms with E-state index >= 15 is 0 Å². The Morgan fingerprint density at radius 1 is 0.806 bits per heavy atom. The Labute approximate surface area is 240 Å². The van der Waals surface area contributed by atoms with E-state index in [0.29, 0.717) is 9.75 Å². The van der Waals surface area contributed by atoms with Crippen LogP contribution in [0.15, 0.2) is 45.3 Å². The van der Waals surface area contributed by atoms with Crippen LogP contribution in [0.25, 0.3) is 20.2 Å². The normalized spacial score (nSPS) is 11.3. The summed E-state index contributed by atoms with van der Waals surface area (Å²) in [5.74, 6) is -0.346. The molecule has 0 fully saturated rings. The molecule has 0 radical (unpaired) electrons. The van der Waals surface area contributed by atoms with Crippen molar-refractivity contribution in [2.24, 2.45) is 0 Å². The molecule has 0 saturated carbocycles. The van der Waals surface area contributed by atoms with Gasteiger partial charge in [0.05, 0.1) is 16.2 Å². The van der Waals surface area contributed by atoms with Gasteiger partial charge in [-0.25, -0.2) is 0 Å². The monoisotopic (exact) mass is 670 g/mol. The van der Waals surface area contributed by atoms with Crippen LogP contribution >= 0.6 is 66.1 Å². The molecule has 2 aromatic carbocycles. The SMILES string of the molecule is Cc1cc2cc(C(=O)CCC(=O)OC(C)(C)C)sc2cc1Br.Cc1cc2cc(C(=O)Cl)sc2cc1Br. The summed E-state index contributed by atoms with van der Waals surface area (Å²) in [4.78, 5) is 36.2. The van der Waals surface area contributed by atoms with Crippen LogP contribution in [0.2, 0.25) is 0 Å². The molecule has 0 bridgehead atoms. The number of hydrogen-bond acceptors (Lipinski definition) is 6. The molecule has 0 saturated heterocycles. The van der Waals surface area contributed by atoms with Gasteiger partial charge in [0, 0.05) is 24.8 Å². The van der Waals surface area contributed by atoms with E-state index in [1.165, 1.54) is 22.7 Å². The highest BCUT2D eigenvalue weighted by Gasteiger charge is 2.18. The van der Waals surface area contributed by atoms with Crippen molar-refractivity contribution in [3.05, 3.63) is 66.2 Å². The Bertz CT molecular complexity index is 1390. The number of ether oxygens (including phenoxy) is 1. The highest BCUT2D eigenvalue weighted by Crippen LogP contribution is 2.32. The summed E-state index contributed by atoms with van der Waals surface area (Å²) < 4.78 is 9.46. The minimum absolute atomic E-state index is 0.0131. The van der Waals surface area contributed by atoms with Crippen LogP contribution < -0.4 is 0 Å². The molecule has 9 heteroatoms. The van der Waals surface area contributed by atoms with Crippen LogP contribution in [0, 0.1) is 13.8 Å². The van der Waals surface area contributed by atoms with E-state index in [-0.39, 0.29) is 29.8 Å². The number of halogens is 3. The van der Waals surface area contributed by atoms with Crippen molar-refractivity contribution in [2.45, 2.75) is 53.1 Å². The molecular formula is C27H25Br2ClO4S2. The average molecular weight is 673 g/mol. The van der Waals surface area contributed by atoms with E-state index in [1.807, 2.05) is 65.0 Å². The number of carbonyl (C=O) groups excluding carboxylic acids is 3. The molecule has 0 N–H and O–H groups in total. The van der Waals surface area contributed by atoms with Crippen LogP contribution in [0.4, 0.5) is 0 Å². The first kappa shape index (κ1) is 29.0. The van der Waals surface area contributed by atoms with E-state index in [4.69, 9.17) is 16.3 Å². The predicted octanol–water partition coefficient (Wildman–Crippen LogP) is 9.63. The highest BCUT2D eigenvalue weighted by atomic mass is 79.9. The number of thiophene rings is 2.